The molecule has 0 aliphatic carbocycles. The van der Waals surface area contributed by atoms with Gasteiger partial charge in [0.2, 0.25) is 0 Å². The second-order valence-electron chi connectivity index (χ2n) is 3.03. The van der Waals surface area contributed by atoms with Gasteiger partial charge in [0, 0.05) is 25.8 Å². The van der Waals surface area contributed by atoms with Crippen LogP contribution in [0.25, 0.3) is 0 Å². The first-order valence-corrected chi connectivity index (χ1v) is 4.57. The molecule has 3 nitrogen and oxygen atoms in total. The minimum atomic E-state index is 0.817. The Balaban J connectivity index is 2.10. The van der Waals surface area contributed by atoms with Crippen LogP contribution in [0.4, 0.5) is 0 Å². The summed E-state index contributed by atoms with van der Waals surface area (Å²) in [6, 6.07) is 2.00. The van der Waals surface area contributed by atoms with Crippen molar-refractivity contribution in [2.24, 2.45) is 0 Å². The molecule has 0 fully saturated rings. The van der Waals surface area contributed by atoms with Gasteiger partial charge >= 0.3 is 0 Å². The molecule has 74 valence electrons. The van der Waals surface area contributed by atoms with Gasteiger partial charge < -0.3 is 14.5 Å². The third-order valence-electron chi connectivity index (χ3n) is 1.98. The minimum Gasteiger partial charge on any atom is -0.469 e. The highest BCUT2D eigenvalue weighted by Crippen LogP contribution is 2.07. The Morgan fingerprint density at radius 3 is 3.00 bits per heavy atom. The van der Waals surface area contributed by atoms with Crippen molar-refractivity contribution in [2.45, 2.75) is 19.9 Å². The van der Waals surface area contributed by atoms with Gasteiger partial charge in [0.15, 0.2) is 0 Å². The van der Waals surface area contributed by atoms with Crippen molar-refractivity contribution in [3.8, 4) is 0 Å². The van der Waals surface area contributed by atoms with Crippen molar-refractivity contribution in [2.75, 3.05) is 20.3 Å². The monoisotopic (exact) mass is 183 g/mol. The third kappa shape index (κ3) is 3.61. The van der Waals surface area contributed by atoms with Gasteiger partial charge in [-0.15, -0.1) is 0 Å². The number of ether oxygens (including phenoxy) is 1. The van der Waals surface area contributed by atoms with Crippen molar-refractivity contribution < 1.29 is 9.15 Å². The molecule has 0 saturated heterocycles. The van der Waals surface area contributed by atoms with Crippen molar-refractivity contribution >= 4 is 0 Å². The number of nitrogens with one attached hydrogen (secondary N) is 1. The van der Waals surface area contributed by atoms with Gasteiger partial charge in [0.1, 0.15) is 5.76 Å². The minimum absolute atomic E-state index is 0.817. The summed E-state index contributed by atoms with van der Waals surface area (Å²) in [6.07, 6.45) is 2.77. The number of hydrogen-bond acceptors (Lipinski definition) is 3. The molecule has 1 heterocycles. The first-order valence-electron chi connectivity index (χ1n) is 4.57. The highest BCUT2D eigenvalue weighted by atomic mass is 16.5. The van der Waals surface area contributed by atoms with E-state index in [1.165, 1.54) is 5.56 Å². The van der Waals surface area contributed by atoms with E-state index in [4.69, 9.17) is 9.15 Å². The zero-order valence-electron chi connectivity index (χ0n) is 8.30. The second kappa shape index (κ2) is 5.78. The van der Waals surface area contributed by atoms with Gasteiger partial charge in [-0.25, -0.2) is 0 Å². The lowest BCUT2D eigenvalue weighted by atomic mass is 10.2. The lowest BCUT2D eigenvalue weighted by Crippen LogP contribution is -2.16. The van der Waals surface area contributed by atoms with Crippen LogP contribution < -0.4 is 5.32 Å². The Labute approximate surface area is 79.1 Å². The number of furan rings is 1. The molecule has 1 rings (SSSR count). The van der Waals surface area contributed by atoms with Crippen molar-refractivity contribution in [3.05, 3.63) is 23.7 Å². The summed E-state index contributed by atoms with van der Waals surface area (Å²) in [4.78, 5) is 0. The third-order valence-corrected chi connectivity index (χ3v) is 1.98. The number of methoxy groups -OCH3 is 1. The number of hydrogen-bond donors (Lipinski definition) is 1. The predicted molar refractivity (Wildman–Crippen MR) is 51.6 cm³/mol. The maximum Gasteiger partial charge on any atom is 0.105 e. The largest absolute Gasteiger partial charge is 0.469 e. The van der Waals surface area contributed by atoms with Gasteiger partial charge in [-0.1, -0.05) is 0 Å². The molecule has 0 aromatic carbocycles. The van der Waals surface area contributed by atoms with E-state index in [0.29, 0.717) is 0 Å². The Kier molecular flexibility index (Phi) is 4.57. The number of rotatable bonds is 6. The number of aryl methyl sites for hydroxylation is 1. The van der Waals surface area contributed by atoms with Gasteiger partial charge in [0.05, 0.1) is 6.26 Å². The standard InChI is InChI=1S/C10H17NO2/c1-9-10(4-7-13-9)8-11-5-3-6-12-2/h4,7,11H,3,5-6,8H2,1-2H3. The van der Waals surface area contributed by atoms with Crippen molar-refractivity contribution in [1.29, 1.82) is 0 Å². The molecule has 13 heavy (non-hydrogen) atoms. The van der Waals surface area contributed by atoms with E-state index in [9.17, 15) is 0 Å². The SMILES string of the molecule is COCCCNCc1ccoc1C. The fourth-order valence-corrected chi connectivity index (χ4v) is 1.16. The maximum atomic E-state index is 5.18. The van der Waals surface area contributed by atoms with E-state index in [1.807, 2.05) is 13.0 Å². The Bertz CT molecular complexity index is 233. The molecule has 1 aromatic heterocycles. The Hall–Kier alpha value is -0.800. The van der Waals surface area contributed by atoms with E-state index in [-0.39, 0.29) is 0 Å². The molecule has 0 spiro atoms. The van der Waals surface area contributed by atoms with Gasteiger partial charge in [-0.3, -0.25) is 0 Å². The Morgan fingerprint density at radius 1 is 1.54 bits per heavy atom. The lowest BCUT2D eigenvalue weighted by molar-refractivity contribution is 0.194. The summed E-state index contributed by atoms with van der Waals surface area (Å²) in [7, 11) is 1.72. The van der Waals surface area contributed by atoms with Crippen LogP contribution in [0, 0.1) is 6.92 Å². The first-order chi connectivity index (χ1) is 6.34. The predicted octanol–water partition coefficient (Wildman–Crippen LogP) is 1.71. The average Bonchev–Trinajstić information content (AvgIpc) is 2.52. The van der Waals surface area contributed by atoms with Gasteiger partial charge in [-0.05, 0) is 26.0 Å². The molecule has 0 aliphatic rings. The van der Waals surface area contributed by atoms with E-state index in [0.717, 1.165) is 31.9 Å². The smallest absolute Gasteiger partial charge is 0.105 e. The topological polar surface area (TPSA) is 34.4 Å². The molecule has 3 heteroatoms. The summed E-state index contributed by atoms with van der Waals surface area (Å²) in [5.41, 5.74) is 1.23. The molecule has 1 N–H and O–H groups in total. The second-order valence-corrected chi connectivity index (χ2v) is 3.03. The molecule has 0 unspecified atom stereocenters. The van der Waals surface area contributed by atoms with Crippen molar-refractivity contribution in [3.63, 3.8) is 0 Å². The summed E-state index contributed by atoms with van der Waals surface area (Å²) >= 11 is 0. The molecule has 0 aliphatic heterocycles. The van der Waals surface area contributed by atoms with Crippen LogP contribution in [-0.4, -0.2) is 20.3 Å². The maximum absolute atomic E-state index is 5.18. The molecule has 0 bridgehead atoms. The molecule has 0 saturated carbocycles. The molecule has 1 aromatic rings. The molecule has 0 amide bonds. The fraction of sp³-hybridized carbons (Fsp3) is 0.600. The summed E-state index contributed by atoms with van der Waals surface area (Å²) in [5, 5.41) is 3.32. The van der Waals surface area contributed by atoms with Crippen LogP contribution in [0.5, 0.6) is 0 Å². The van der Waals surface area contributed by atoms with Crippen LogP contribution in [0.15, 0.2) is 16.7 Å². The quantitative estimate of drug-likeness (QED) is 0.682. The molecule has 0 radical (unpaired) electrons. The zero-order valence-corrected chi connectivity index (χ0v) is 8.30. The van der Waals surface area contributed by atoms with Crippen LogP contribution in [0.3, 0.4) is 0 Å². The van der Waals surface area contributed by atoms with Crippen LogP contribution in [0.2, 0.25) is 0 Å². The highest BCUT2D eigenvalue weighted by molar-refractivity contribution is 5.14. The summed E-state index contributed by atoms with van der Waals surface area (Å²) < 4.78 is 10.1. The summed E-state index contributed by atoms with van der Waals surface area (Å²) in [6.45, 7) is 4.66. The molecule has 0 atom stereocenters. The van der Waals surface area contributed by atoms with E-state index < -0.39 is 0 Å². The van der Waals surface area contributed by atoms with Crippen LogP contribution >= 0.6 is 0 Å². The van der Waals surface area contributed by atoms with Gasteiger partial charge in [0.25, 0.3) is 0 Å². The average molecular weight is 183 g/mol. The van der Waals surface area contributed by atoms with Crippen LogP contribution in [-0.2, 0) is 11.3 Å². The summed E-state index contributed by atoms with van der Waals surface area (Å²) in [5.74, 6) is 0.999. The first kappa shape index (κ1) is 10.3. The van der Waals surface area contributed by atoms with Crippen LogP contribution in [0.1, 0.15) is 17.7 Å². The fourth-order valence-electron chi connectivity index (χ4n) is 1.16. The molecular weight excluding hydrogens is 166 g/mol. The Morgan fingerprint density at radius 2 is 2.38 bits per heavy atom. The van der Waals surface area contributed by atoms with Gasteiger partial charge in [-0.2, -0.15) is 0 Å². The normalized spacial score (nSPS) is 10.6. The zero-order chi connectivity index (χ0) is 9.52. The van der Waals surface area contributed by atoms with E-state index in [1.54, 1.807) is 13.4 Å². The highest BCUT2D eigenvalue weighted by Gasteiger charge is 1.98. The molecular formula is C10H17NO2. The van der Waals surface area contributed by atoms with E-state index >= 15 is 0 Å². The van der Waals surface area contributed by atoms with Crippen molar-refractivity contribution in [1.82, 2.24) is 5.32 Å². The van der Waals surface area contributed by atoms with E-state index in [2.05, 4.69) is 5.32 Å². The lowest BCUT2D eigenvalue weighted by Gasteiger charge is -2.02.